The smallest absolute Gasteiger partial charge is 0.306 e. The highest BCUT2D eigenvalue weighted by atomic mass is 16.6. The Morgan fingerprint density at radius 3 is 3.00 bits per heavy atom. The van der Waals surface area contributed by atoms with Gasteiger partial charge in [0.05, 0.1) is 11.5 Å². The fraction of sp³-hybridized carbons (Fsp3) is 0.750. The van der Waals surface area contributed by atoms with Gasteiger partial charge in [-0.25, -0.2) is 0 Å². The van der Waals surface area contributed by atoms with Crippen LogP contribution in [0.4, 0.5) is 5.69 Å². The van der Waals surface area contributed by atoms with Gasteiger partial charge >= 0.3 is 5.69 Å². The molecule has 1 unspecified atom stereocenters. The van der Waals surface area contributed by atoms with Crippen molar-refractivity contribution in [3.63, 3.8) is 0 Å². The number of rotatable bonds is 5. The Kier molecular flexibility index (Phi) is 3.65. The van der Waals surface area contributed by atoms with Crippen LogP contribution in [0.3, 0.4) is 0 Å². The Bertz CT molecular complexity index is 427. The maximum Gasteiger partial charge on any atom is 0.306 e. The van der Waals surface area contributed by atoms with Gasteiger partial charge in [0.2, 0.25) is 0 Å². The van der Waals surface area contributed by atoms with Crippen molar-refractivity contribution in [3.05, 3.63) is 22.5 Å². The van der Waals surface area contributed by atoms with Crippen molar-refractivity contribution in [2.75, 3.05) is 6.54 Å². The van der Waals surface area contributed by atoms with Gasteiger partial charge in [-0.05, 0) is 18.3 Å². The van der Waals surface area contributed by atoms with Crippen LogP contribution < -0.4 is 5.32 Å². The Balaban J connectivity index is 1.79. The molecule has 1 heterocycles. The SMILES string of the molecule is CC1(C)CCCC1NCCn1cc([N+](=O)[O-])cn1. The molecule has 1 fully saturated rings. The minimum absolute atomic E-state index is 0.0520. The zero-order valence-electron chi connectivity index (χ0n) is 10.9. The molecular formula is C12H20N4O2. The van der Waals surface area contributed by atoms with Gasteiger partial charge in [0.25, 0.3) is 0 Å². The number of hydrogen-bond acceptors (Lipinski definition) is 4. The highest BCUT2D eigenvalue weighted by Gasteiger charge is 2.33. The minimum atomic E-state index is -0.420. The predicted octanol–water partition coefficient (Wildman–Crippen LogP) is 1.96. The zero-order valence-corrected chi connectivity index (χ0v) is 10.9. The molecule has 1 aliphatic carbocycles. The van der Waals surface area contributed by atoms with E-state index in [0.29, 0.717) is 18.0 Å². The van der Waals surface area contributed by atoms with Crippen LogP contribution in [0.5, 0.6) is 0 Å². The van der Waals surface area contributed by atoms with Crippen molar-refractivity contribution >= 4 is 5.69 Å². The van der Waals surface area contributed by atoms with E-state index in [1.165, 1.54) is 31.7 Å². The topological polar surface area (TPSA) is 73.0 Å². The van der Waals surface area contributed by atoms with Crippen LogP contribution in [0.1, 0.15) is 33.1 Å². The molecule has 0 radical (unpaired) electrons. The summed E-state index contributed by atoms with van der Waals surface area (Å²) in [6.45, 7) is 6.04. The lowest BCUT2D eigenvalue weighted by molar-refractivity contribution is -0.385. The van der Waals surface area contributed by atoms with E-state index < -0.39 is 4.92 Å². The predicted molar refractivity (Wildman–Crippen MR) is 68.3 cm³/mol. The lowest BCUT2D eigenvalue weighted by atomic mass is 9.87. The summed E-state index contributed by atoms with van der Waals surface area (Å²) in [7, 11) is 0. The van der Waals surface area contributed by atoms with Crippen molar-refractivity contribution in [2.45, 2.75) is 45.7 Å². The Morgan fingerprint density at radius 2 is 2.44 bits per heavy atom. The van der Waals surface area contributed by atoms with E-state index in [1.807, 2.05) is 0 Å². The van der Waals surface area contributed by atoms with Crippen LogP contribution in [0.15, 0.2) is 12.4 Å². The molecule has 1 N–H and O–H groups in total. The van der Waals surface area contributed by atoms with Gasteiger partial charge in [-0.1, -0.05) is 20.3 Å². The van der Waals surface area contributed by atoms with Gasteiger partial charge in [-0.2, -0.15) is 5.10 Å². The van der Waals surface area contributed by atoms with Crippen LogP contribution in [-0.4, -0.2) is 27.3 Å². The third-order valence-corrected chi connectivity index (χ3v) is 3.82. The molecule has 0 bridgehead atoms. The maximum atomic E-state index is 10.5. The Labute approximate surface area is 107 Å². The molecule has 0 spiro atoms. The molecule has 18 heavy (non-hydrogen) atoms. The highest BCUT2D eigenvalue weighted by Crippen LogP contribution is 2.36. The monoisotopic (exact) mass is 252 g/mol. The summed E-state index contributed by atoms with van der Waals surface area (Å²) >= 11 is 0. The van der Waals surface area contributed by atoms with Crippen LogP contribution in [-0.2, 0) is 6.54 Å². The molecule has 1 aliphatic rings. The first-order valence-electron chi connectivity index (χ1n) is 6.39. The van der Waals surface area contributed by atoms with Crippen LogP contribution in [0.25, 0.3) is 0 Å². The van der Waals surface area contributed by atoms with Crippen molar-refractivity contribution in [1.29, 1.82) is 0 Å². The molecule has 1 aromatic rings. The Hall–Kier alpha value is -1.43. The molecule has 1 aromatic heterocycles. The normalized spacial score (nSPS) is 22.2. The molecule has 6 nitrogen and oxygen atoms in total. The quantitative estimate of drug-likeness (QED) is 0.642. The van der Waals surface area contributed by atoms with Crippen molar-refractivity contribution < 1.29 is 4.92 Å². The molecule has 6 heteroatoms. The zero-order chi connectivity index (χ0) is 13.2. The first kappa shape index (κ1) is 13.0. The van der Waals surface area contributed by atoms with E-state index in [9.17, 15) is 10.1 Å². The molecule has 0 aromatic carbocycles. The molecule has 0 aliphatic heterocycles. The van der Waals surface area contributed by atoms with E-state index in [2.05, 4.69) is 24.3 Å². The maximum absolute atomic E-state index is 10.5. The largest absolute Gasteiger partial charge is 0.312 e. The summed E-state index contributed by atoms with van der Waals surface area (Å²) in [6, 6.07) is 0.544. The van der Waals surface area contributed by atoms with Crippen molar-refractivity contribution in [2.24, 2.45) is 5.41 Å². The molecule has 100 valence electrons. The second-order valence-corrected chi connectivity index (χ2v) is 5.61. The average molecular weight is 252 g/mol. The van der Waals surface area contributed by atoms with Crippen molar-refractivity contribution in [3.8, 4) is 0 Å². The number of nitro groups is 1. The average Bonchev–Trinajstić information content (AvgIpc) is 2.86. The standard InChI is InChI=1S/C12H20N4O2/c1-12(2)5-3-4-11(12)13-6-7-15-9-10(8-14-15)16(17)18/h8-9,11,13H,3-7H2,1-2H3. The molecule has 1 atom stereocenters. The summed E-state index contributed by atoms with van der Waals surface area (Å²) in [5, 5.41) is 18.0. The van der Waals surface area contributed by atoms with E-state index >= 15 is 0 Å². The number of hydrogen-bond donors (Lipinski definition) is 1. The number of nitrogens with zero attached hydrogens (tertiary/aromatic N) is 3. The molecule has 0 saturated heterocycles. The first-order valence-corrected chi connectivity index (χ1v) is 6.39. The van der Waals surface area contributed by atoms with Crippen LogP contribution in [0, 0.1) is 15.5 Å². The highest BCUT2D eigenvalue weighted by molar-refractivity contribution is 5.20. The van der Waals surface area contributed by atoms with Gasteiger partial charge < -0.3 is 5.32 Å². The molecule has 2 rings (SSSR count). The van der Waals surface area contributed by atoms with E-state index in [1.54, 1.807) is 4.68 Å². The second kappa shape index (κ2) is 5.06. The number of aromatic nitrogens is 2. The van der Waals surface area contributed by atoms with Gasteiger partial charge in [-0.15, -0.1) is 0 Å². The summed E-state index contributed by atoms with van der Waals surface area (Å²) in [5.41, 5.74) is 0.409. The van der Waals surface area contributed by atoms with Crippen molar-refractivity contribution in [1.82, 2.24) is 15.1 Å². The van der Waals surface area contributed by atoms with Gasteiger partial charge in [0.1, 0.15) is 12.4 Å². The summed E-state index contributed by atoms with van der Waals surface area (Å²) in [6.07, 6.45) is 6.52. The first-order chi connectivity index (χ1) is 8.49. The Morgan fingerprint density at radius 1 is 1.67 bits per heavy atom. The molecular weight excluding hydrogens is 232 g/mol. The van der Waals surface area contributed by atoms with E-state index in [0.717, 1.165) is 6.54 Å². The minimum Gasteiger partial charge on any atom is -0.312 e. The summed E-state index contributed by atoms with van der Waals surface area (Å²) in [5.74, 6) is 0. The van der Waals surface area contributed by atoms with Gasteiger partial charge in [-0.3, -0.25) is 14.8 Å². The van der Waals surface area contributed by atoms with Gasteiger partial charge in [0.15, 0.2) is 0 Å². The number of nitrogens with one attached hydrogen (secondary N) is 1. The molecule has 1 saturated carbocycles. The summed E-state index contributed by atoms with van der Waals surface area (Å²) in [4.78, 5) is 10.1. The fourth-order valence-corrected chi connectivity index (χ4v) is 2.63. The third kappa shape index (κ3) is 2.87. The van der Waals surface area contributed by atoms with E-state index in [-0.39, 0.29) is 5.69 Å². The molecule has 0 amide bonds. The van der Waals surface area contributed by atoms with Gasteiger partial charge in [0, 0.05) is 12.6 Å². The van der Waals surface area contributed by atoms with E-state index in [4.69, 9.17) is 0 Å². The fourth-order valence-electron chi connectivity index (χ4n) is 2.63. The van der Waals surface area contributed by atoms with Crippen LogP contribution in [0.2, 0.25) is 0 Å². The van der Waals surface area contributed by atoms with Crippen LogP contribution >= 0.6 is 0 Å². The summed E-state index contributed by atoms with van der Waals surface area (Å²) < 4.78 is 1.62. The second-order valence-electron chi connectivity index (χ2n) is 5.61. The lowest BCUT2D eigenvalue weighted by Crippen LogP contribution is -2.39. The third-order valence-electron chi connectivity index (χ3n) is 3.82. The lowest BCUT2D eigenvalue weighted by Gasteiger charge is -2.27.